The minimum Gasteiger partial charge on any atom is -0.303 e. The second-order valence-electron chi connectivity index (χ2n) is 3.90. The molecule has 0 bridgehead atoms. The van der Waals surface area contributed by atoms with Crippen LogP contribution in [0.25, 0.3) is 0 Å². The average molecular weight is 208 g/mol. The van der Waals surface area contributed by atoms with Crippen molar-refractivity contribution in [3.05, 3.63) is 23.3 Å². The molecule has 0 aliphatic carbocycles. The molecule has 0 aliphatic heterocycles. The van der Waals surface area contributed by atoms with Crippen molar-refractivity contribution < 1.29 is 4.79 Å². The Morgan fingerprint density at radius 3 is 2.27 bits per heavy atom. The Balaban J connectivity index is 3.89. The van der Waals surface area contributed by atoms with Gasteiger partial charge in [-0.3, -0.25) is 0 Å². The van der Waals surface area contributed by atoms with Crippen LogP contribution in [0.4, 0.5) is 0 Å². The molecule has 0 aliphatic rings. The zero-order valence-electron chi connectivity index (χ0n) is 10.4. The lowest BCUT2D eigenvalue weighted by molar-refractivity contribution is -0.107. The predicted octanol–water partition coefficient (Wildman–Crippen LogP) is 4.44. The first kappa shape index (κ1) is 14.2. The summed E-state index contributed by atoms with van der Waals surface area (Å²) >= 11 is 0. The second-order valence-corrected chi connectivity index (χ2v) is 3.90. The van der Waals surface area contributed by atoms with Gasteiger partial charge in [-0.05, 0) is 39.0 Å². The number of rotatable bonds is 8. The van der Waals surface area contributed by atoms with E-state index < -0.39 is 0 Å². The van der Waals surface area contributed by atoms with E-state index in [1.807, 2.05) is 0 Å². The predicted molar refractivity (Wildman–Crippen MR) is 67.0 cm³/mol. The highest BCUT2D eigenvalue weighted by atomic mass is 16.1. The van der Waals surface area contributed by atoms with Crippen LogP contribution >= 0.6 is 0 Å². The first-order valence-electron chi connectivity index (χ1n) is 6.01. The van der Waals surface area contributed by atoms with Crippen LogP contribution in [0.2, 0.25) is 0 Å². The summed E-state index contributed by atoms with van der Waals surface area (Å²) in [6, 6.07) is 0. The fourth-order valence-electron chi connectivity index (χ4n) is 1.43. The molecule has 0 aromatic rings. The van der Waals surface area contributed by atoms with Gasteiger partial charge in [0.15, 0.2) is 0 Å². The Morgan fingerprint density at radius 2 is 1.73 bits per heavy atom. The molecule has 0 radical (unpaired) electrons. The first-order valence-corrected chi connectivity index (χ1v) is 6.01. The van der Waals surface area contributed by atoms with Gasteiger partial charge in [-0.1, -0.05) is 37.1 Å². The van der Waals surface area contributed by atoms with Gasteiger partial charge in [-0.25, -0.2) is 0 Å². The molecule has 0 amide bonds. The van der Waals surface area contributed by atoms with Crippen molar-refractivity contribution in [1.29, 1.82) is 0 Å². The van der Waals surface area contributed by atoms with E-state index >= 15 is 0 Å². The van der Waals surface area contributed by atoms with Crippen LogP contribution in [0, 0.1) is 0 Å². The second kappa shape index (κ2) is 9.70. The molecular formula is C14H24O. The lowest BCUT2D eigenvalue weighted by atomic mass is 10.0. The van der Waals surface area contributed by atoms with Gasteiger partial charge in [0.25, 0.3) is 0 Å². The monoisotopic (exact) mass is 208 g/mol. The van der Waals surface area contributed by atoms with Gasteiger partial charge in [0.1, 0.15) is 6.29 Å². The molecule has 86 valence electrons. The Morgan fingerprint density at radius 1 is 1.00 bits per heavy atom. The lowest BCUT2D eigenvalue weighted by Gasteiger charge is -2.02. The Labute approximate surface area is 94.3 Å². The zero-order valence-corrected chi connectivity index (χ0v) is 10.4. The Bertz CT molecular complexity index is 223. The van der Waals surface area contributed by atoms with Gasteiger partial charge in [-0.15, -0.1) is 0 Å². The van der Waals surface area contributed by atoms with Crippen LogP contribution in [0.3, 0.4) is 0 Å². The maximum atomic E-state index is 10.2. The molecule has 0 saturated carbocycles. The number of hydrogen-bond donors (Lipinski definition) is 0. The highest BCUT2D eigenvalue weighted by molar-refractivity contribution is 5.49. The van der Waals surface area contributed by atoms with E-state index in [1.54, 1.807) is 0 Å². The molecule has 0 unspecified atom stereocenters. The van der Waals surface area contributed by atoms with Crippen LogP contribution in [0.1, 0.15) is 59.3 Å². The van der Waals surface area contributed by atoms with E-state index in [2.05, 4.69) is 32.9 Å². The van der Waals surface area contributed by atoms with Crippen LogP contribution in [0.15, 0.2) is 23.3 Å². The van der Waals surface area contributed by atoms with Crippen molar-refractivity contribution in [2.45, 2.75) is 59.3 Å². The lowest BCUT2D eigenvalue weighted by Crippen LogP contribution is -1.83. The van der Waals surface area contributed by atoms with Gasteiger partial charge >= 0.3 is 0 Å². The van der Waals surface area contributed by atoms with E-state index in [0.29, 0.717) is 6.42 Å². The Hall–Kier alpha value is -0.850. The minimum atomic E-state index is 0.660. The molecule has 0 rings (SSSR count). The summed E-state index contributed by atoms with van der Waals surface area (Å²) in [7, 11) is 0. The third kappa shape index (κ3) is 8.17. The number of aldehydes is 1. The summed E-state index contributed by atoms with van der Waals surface area (Å²) in [6.45, 7) is 6.55. The minimum absolute atomic E-state index is 0.660. The highest BCUT2D eigenvalue weighted by Crippen LogP contribution is 2.13. The van der Waals surface area contributed by atoms with Gasteiger partial charge in [0, 0.05) is 6.42 Å². The largest absolute Gasteiger partial charge is 0.303 e. The number of allylic oxidation sites excluding steroid dienone is 4. The highest BCUT2D eigenvalue weighted by Gasteiger charge is 1.93. The molecule has 0 atom stereocenters. The van der Waals surface area contributed by atoms with Crippen molar-refractivity contribution >= 4 is 6.29 Å². The number of carbonyl (C=O) groups is 1. The Kier molecular flexibility index (Phi) is 9.15. The molecule has 1 nitrogen and oxygen atoms in total. The third-order valence-electron chi connectivity index (χ3n) is 2.69. The topological polar surface area (TPSA) is 17.1 Å². The molecular weight excluding hydrogens is 184 g/mol. The van der Waals surface area contributed by atoms with Crippen LogP contribution in [-0.4, -0.2) is 6.29 Å². The fourth-order valence-corrected chi connectivity index (χ4v) is 1.43. The van der Waals surface area contributed by atoms with Crippen molar-refractivity contribution in [3.8, 4) is 0 Å². The van der Waals surface area contributed by atoms with E-state index in [1.165, 1.54) is 11.1 Å². The van der Waals surface area contributed by atoms with Crippen LogP contribution < -0.4 is 0 Å². The van der Waals surface area contributed by atoms with E-state index in [4.69, 9.17) is 0 Å². The molecule has 0 aromatic carbocycles. The summed E-state index contributed by atoms with van der Waals surface area (Å²) in [4.78, 5) is 10.2. The van der Waals surface area contributed by atoms with Crippen molar-refractivity contribution in [3.63, 3.8) is 0 Å². The number of unbranched alkanes of at least 4 members (excludes halogenated alkanes) is 1. The van der Waals surface area contributed by atoms with Crippen molar-refractivity contribution in [1.82, 2.24) is 0 Å². The van der Waals surface area contributed by atoms with Gasteiger partial charge in [0.05, 0.1) is 0 Å². The van der Waals surface area contributed by atoms with Gasteiger partial charge in [0.2, 0.25) is 0 Å². The van der Waals surface area contributed by atoms with Gasteiger partial charge < -0.3 is 4.79 Å². The van der Waals surface area contributed by atoms with E-state index in [-0.39, 0.29) is 0 Å². The quantitative estimate of drug-likeness (QED) is 0.327. The fraction of sp³-hybridized carbons (Fsp3) is 0.643. The average Bonchev–Trinajstić information content (AvgIpc) is 2.26. The summed E-state index contributed by atoms with van der Waals surface area (Å²) in [5.74, 6) is 0. The molecule has 0 fully saturated rings. The summed E-state index contributed by atoms with van der Waals surface area (Å²) < 4.78 is 0. The van der Waals surface area contributed by atoms with Crippen LogP contribution in [-0.2, 0) is 4.79 Å². The van der Waals surface area contributed by atoms with E-state index in [0.717, 1.165) is 38.4 Å². The molecule has 0 aromatic heterocycles. The van der Waals surface area contributed by atoms with Crippen LogP contribution in [0.5, 0.6) is 0 Å². The molecule has 1 heteroatoms. The van der Waals surface area contributed by atoms with Crippen molar-refractivity contribution in [2.24, 2.45) is 0 Å². The zero-order chi connectivity index (χ0) is 11.5. The smallest absolute Gasteiger partial charge is 0.120 e. The standard InChI is InChI=1S/C14H24O/c1-4-13(3)9-8-11-14(5-2)10-6-7-12-15/h9-10,12H,4-8,11H2,1-3H3. The molecule has 0 saturated heterocycles. The summed E-state index contributed by atoms with van der Waals surface area (Å²) in [6.07, 6.45) is 11.6. The van der Waals surface area contributed by atoms with Crippen molar-refractivity contribution in [2.75, 3.05) is 0 Å². The molecule has 0 N–H and O–H groups in total. The SMILES string of the molecule is CCC(C)=CCCC(=CCCC=O)CC. The normalized spacial score (nSPS) is 13.0. The number of carbonyl (C=O) groups excluding carboxylic acids is 1. The number of hydrogen-bond acceptors (Lipinski definition) is 1. The first-order chi connectivity index (χ1) is 7.24. The molecule has 15 heavy (non-hydrogen) atoms. The molecule has 0 heterocycles. The maximum Gasteiger partial charge on any atom is 0.120 e. The third-order valence-corrected chi connectivity index (χ3v) is 2.69. The summed E-state index contributed by atoms with van der Waals surface area (Å²) in [5, 5.41) is 0. The summed E-state index contributed by atoms with van der Waals surface area (Å²) in [5.41, 5.74) is 2.95. The maximum absolute atomic E-state index is 10.2. The van der Waals surface area contributed by atoms with E-state index in [9.17, 15) is 4.79 Å². The molecule has 0 spiro atoms. The van der Waals surface area contributed by atoms with Gasteiger partial charge in [-0.2, -0.15) is 0 Å².